The number of likely N-dealkylation sites (tertiary alicyclic amines) is 1. The topological polar surface area (TPSA) is 207 Å². The number of hydrogen-bond donors (Lipinski definition) is 5. The highest BCUT2D eigenvalue weighted by atomic mass is 15.1. The van der Waals surface area contributed by atoms with Crippen molar-refractivity contribution in [3.05, 3.63) is 152 Å². The molecule has 0 bridgehead atoms. The molecule has 1 fully saturated rings. The maximum Gasteiger partial charge on any atom is 0.135 e. The molecule has 0 atom stereocenters. The smallest absolute Gasteiger partial charge is 0.135 e. The number of piperidine rings is 1. The van der Waals surface area contributed by atoms with E-state index >= 15 is 0 Å². The first-order valence-corrected chi connectivity index (χ1v) is 24.8. The van der Waals surface area contributed by atoms with Crippen LogP contribution in [0.3, 0.4) is 0 Å². The Morgan fingerprint density at radius 1 is 0.507 bits per heavy atom. The van der Waals surface area contributed by atoms with Gasteiger partial charge in [-0.25, -0.2) is 9.97 Å². The average molecular weight is 963 g/mol. The minimum atomic E-state index is 0.321. The normalized spacial score (nSPS) is 12.8. The number of aromatic amines is 4. The Hall–Kier alpha value is -9.02. The molecule has 1 aliphatic heterocycles. The molecule has 0 saturated carbocycles. The monoisotopic (exact) mass is 962 g/mol. The predicted molar refractivity (Wildman–Crippen MR) is 290 cm³/mol. The number of pyridine rings is 8. The van der Waals surface area contributed by atoms with Crippen molar-refractivity contribution in [2.45, 2.75) is 59.5 Å². The second kappa shape index (κ2) is 20.8. The molecule has 362 valence electrons. The van der Waals surface area contributed by atoms with Gasteiger partial charge in [0.25, 0.3) is 0 Å². The number of rotatable bonds is 10. The Morgan fingerprint density at radius 2 is 1.03 bits per heavy atom. The van der Waals surface area contributed by atoms with Gasteiger partial charge in [0.05, 0.1) is 50.9 Å². The van der Waals surface area contributed by atoms with Gasteiger partial charge in [-0.1, -0.05) is 20.3 Å². The number of nitrogens with zero attached hydrogens (tertiary/aromatic N) is 11. The average Bonchev–Trinajstić information content (AvgIpc) is 4.27. The van der Waals surface area contributed by atoms with Crippen LogP contribution in [0.5, 0.6) is 0 Å². The molecule has 13 rings (SSSR count). The highest BCUT2D eigenvalue weighted by molar-refractivity contribution is 6.00. The molecule has 0 radical (unpaired) electrons. The molecule has 1 aliphatic rings. The van der Waals surface area contributed by atoms with Gasteiger partial charge in [0, 0.05) is 119 Å². The van der Waals surface area contributed by atoms with Crippen molar-refractivity contribution in [2.75, 3.05) is 18.4 Å². The Balaban J connectivity index is 0.000000153. The minimum Gasteiger partial charge on any atom is -0.382 e. The first kappa shape index (κ1) is 46.4. The van der Waals surface area contributed by atoms with Crippen LogP contribution in [0.4, 0.5) is 5.69 Å². The zero-order valence-corrected chi connectivity index (χ0v) is 41.1. The van der Waals surface area contributed by atoms with Gasteiger partial charge in [-0.05, 0) is 130 Å². The van der Waals surface area contributed by atoms with Gasteiger partial charge in [0.1, 0.15) is 22.4 Å². The van der Waals surface area contributed by atoms with E-state index in [-0.39, 0.29) is 0 Å². The van der Waals surface area contributed by atoms with E-state index in [9.17, 15) is 0 Å². The molecule has 1 saturated heterocycles. The number of aromatic nitrogens is 14. The van der Waals surface area contributed by atoms with E-state index in [1.165, 1.54) is 24.8 Å². The summed E-state index contributed by atoms with van der Waals surface area (Å²) in [6.07, 6.45) is 22.2. The lowest BCUT2D eigenvalue weighted by molar-refractivity contribution is 0.220. The second-order valence-electron chi connectivity index (χ2n) is 18.1. The molecule has 0 spiro atoms. The first-order chi connectivity index (χ1) is 36.0. The third kappa shape index (κ3) is 9.75. The van der Waals surface area contributed by atoms with Gasteiger partial charge in [-0.2, -0.15) is 10.2 Å². The predicted octanol–water partition coefficient (Wildman–Crippen LogP) is 12.1. The third-order valence-electron chi connectivity index (χ3n) is 12.8. The summed E-state index contributed by atoms with van der Waals surface area (Å²) in [6.45, 7) is 11.5. The molecule has 13 heterocycles. The quantitative estimate of drug-likeness (QED) is 0.0868. The molecular weight excluding hydrogens is 909 g/mol. The number of nitrogens with one attached hydrogen (secondary N) is 5. The molecule has 16 nitrogen and oxygen atoms in total. The van der Waals surface area contributed by atoms with Crippen LogP contribution < -0.4 is 5.32 Å². The fourth-order valence-corrected chi connectivity index (χ4v) is 9.42. The van der Waals surface area contributed by atoms with Crippen LogP contribution in [0.2, 0.25) is 0 Å². The van der Waals surface area contributed by atoms with Crippen LogP contribution >= 0.6 is 0 Å². The van der Waals surface area contributed by atoms with Gasteiger partial charge in [-0.15, -0.1) is 0 Å². The lowest BCUT2D eigenvalue weighted by atomic mass is 10.1. The van der Waals surface area contributed by atoms with Gasteiger partial charge < -0.3 is 15.3 Å². The van der Waals surface area contributed by atoms with Crippen LogP contribution in [0.15, 0.2) is 147 Å². The summed E-state index contributed by atoms with van der Waals surface area (Å²) in [5.41, 5.74) is 18.4. The maximum absolute atomic E-state index is 5.03. The van der Waals surface area contributed by atoms with E-state index in [2.05, 4.69) is 109 Å². The fraction of sp³-hybridized carbons (Fsp3) is 0.193. The summed E-state index contributed by atoms with van der Waals surface area (Å²) in [5, 5.41) is 20.9. The van der Waals surface area contributed by atoms with E-state index in [1.54, 1.807) is 24.8 Å². The van der Waals surface area contributed by atoms with Crippen molar-refractivity contribution >= 4 is 49.6 Å². The second-order valence-corrected chi connectivity index (χ2v) is 18.1. The van der Waals surface area contributed by atoms with Crippen molar-refractivity contribution in [2.24, 2.45) is 0 Å². The summed E-state index contributed by atoms with van der Waals surface area (Å²) >= 11 is 0. The summed E-state index contributed by atoms with van der Waals surface area (Å²) < 4.78 is 0. The summed E-state index contributed by atoms with van der Waals surface area (Å²) in [6, 6.07) is 28.7. The van der Waals surface area contributed by atoms with Crippen LogP contribution in [0.25, 0.3) is 112 Å². The van der Waals surface area contributed by atoms with Crippen LogP contribution in [0.1, 0.15) is 52.5 Å². The van der Waals surface area contributed by atoms with Crippen molar-refractivity contribution in [3.63, 3.8) is 0 Å². The maximum atomic E-state index is 5.03. The highest BCUT2D eigenvalue weighted by Crippen LogP contribution is 2.35. The van der Waals surface area contributed by atoms with Crippen LogP contribution in [0, 0.1) is 0 Å². The van der Waals surface area contributed by atoms with E-state index in [4.69, 9.17) is 9.97 Å². The molecule has 0 unspecified atom stereocenters. The molecule has 0 aromatic carbocycles. The minimum absolute atomic E-state index is 0.321. The molecule has 0 aliphatic carbocycles. The first-order valence-electron chi connectivity index (χ1n) is 24.8. The lowest BCUT2D eigenvalue weighted by Gasteiger charge is -2.26. The third-order valence-corrected chi connectivity index (χ3v) is 12.8. The highest BCUT2D eigenvalue weighted by Gasteiger charge is 2.19. The van der Waals surface area contributed by atoms with Gasteiger partial charge >= 0.3 is 0 Å². The zero-order chi connectivity index (χ0) is 49.7. The Kier molecular flexibility index (Phi) is 13.2. The number of anilines is 1. The van der Waals surface area contributed by atoms with E-state index in [0.29, 0.717) is 6.04 Å². The molecular formula is C57H54N16. The number of H-pyrrole nitrogens is 4. The molecule has 16 heteroatoms. The van der Waals surface area contributed by atoms with Crippen LogP contribution in [-0.2, 0) is 6.54 Å². The van der Waals surface area contributed by atoms with E-state index in [0.717, 1.165) is 137 Å². The van der Waals surface area contributed by atoms with E-state index < -0.39 is 0 Å². The van der Waals surface area contributed by atoms with Crippen molar-refractivity contribution in [1.82, 2.24) is 75.1 Å². The van der Waals surface area contributed by atoms with E-state index in [1.807, 2.05) is 112 Å². The zero-order valence-electron chi connectivity index (χ0n) is 41.1. The molecule has 5 N–H and O–H groups in total. The van der Waals surface area contributed by atoms with Crippen molar-refractivity contribution in [3.8, 4) is 67.8 Å². The SMILES string of the molecule is CC.CC(C)Nc1cncc(-c2ccc3[nH]nc(-c4cc5c(-c6ccncc6)nccc5[nH]4)c3n2)c1.c1cc(-c2nccc3[nH]c(-c4n[nH]c5ccc(-c6cncc(CN7CCCCC7)c6)nc45)cc23)ccn1. The molecule has 12 aromatic heterocycles. The largest absolute Gasteiger partial charge is 0.382 e. The molecule has 73 heavy (non-hydrogen) atoms. The Bertz CT molecular complexity index is 3810. The van der Waals surface area contributed by atoms with Crippen LogP contribution in [-0.4, -0.2) is 94.3 Å². The summed E-state index contributed by atoms with van der Waals surface area (Å²) in [5.74, 6) is 0. The summed E-state index contributed by atoms with van der Waals surface area (Å²) in [4.78, 5) is 45.9. The lowest BCUT2D eigenvalue weighted by Crippen LogP contribution is -2.29. The van der Waals surface area contributed by atoms with Crippen molar-refractivity contribution < 1.29 is 0 Å². The van der Waals surface area contributed by atoms with Gasteiger partial charge in [0.15, 0.2) is 0 Å². The Morgan fingerprint density at radius 3 is 1.56 bits per heavy atom. The summed E-state index contributed by atoms with van der Waals surface area (Å²) in [7, 11) is 0. The molecule has 0 amide bonds. The standard InChI is InChI=1S/C29H26N8.C26H22N8.C2H6/c1-2-12-37(13-3-1)18-19-14-21(17-31-16-19)23-4-5-25-28(34-23)29(36-35-25)26-15-22-24(33-26)8-11-32-27(22)20-6-9-30-10-7-20;1-15(2)30-18-11-17(13-28-14-18)20-3-4-22-25(32-20)26(34-33-22)23-12-19-21(31-23)7-10-29-24(19)16-5-8-27-9-6-16;1-2/h4-11,14-17,33H,1-3,12-13,18H2,(H,35,36);3-15,30-31H,1-2H3,(H,33,34);1-2H3. The number of fused-ring (bicyclic) bond motifs is 4. The van der Waals surface area contributed by atoms with Gasteiger partial charge in [0.2, 0.25) is 0 Å². The van der Waals surface area contributed by atoms with Crippen molar-refractivity contribution in [1.29, 1.82) is 0 Å². The molecule has 12 aromatic rings. The van der Waals surface area contributed by atoms with Gasteiger partial charge in [-0.3, -0.25) is 45.0 Å². The number of hydrogen-bond acceptors (Lipinski definition) is 12. The Labute approximate surface area is 421 Å². The fourth-order valence-electron chi connectivity index (χ4n) is 9.42.